The van der Waals surface area contributed by atoms with Gasteiger partial charge in [0.25, 0.3) is 0 Å². The lowest BCUT2D eigenvalue weighted by Crippen LogP contribution is -2.16. The molecule has 0 aliphatic rings. The minimum atomic E-state index is -0.777. The molecule has 1 rings (SSSR count). The van der Waals surface area contributed by atoms with Crippen molar-refractivity contribution in [1.29, 1.82) is 0 Å². The summed E-state index contributed by atoms with van der Waals surface area (Å²) in [5, 5.41) is 3.10. The molecule has 0 aromatic heterocycles. The largest absolute Gasteiger partial charge is 0.381 e. The molecule has 120 valence electrons. The van der Waals surface area contributed by atoms with Gasteiger partial charge in [0.15, 0.2) is 11.6 Å². The maximum absolute atomic E-state index is 14.0. The lowest BCUT2D eigenvalue weighted by Gasteiger charge is -2.17. The van der Waals surface area contributed by atoms with Gasteiger partial charge in [-0.15, -0.1) is 0 Å². The monoisotopic (exact) mass is 305 g/mol. The van der Waals surface area contributed by atoms with Crippen LogP contribution < -0.4 is 5.32 Å². The summed E-state index contributed by atoms with van der Waals surface area (Å²) in [6.07, 6.45) is 2.48. The normalized spacial score (nSPS) is 11.3. The number of nitrogens with one attached hydrogen (secondary N) is 1. The van der Waals surface area contributed by atoms with Gasteiger partial charge in [-0.2, -0.15) is 0 Å². The number of hydrogen-bond donors (Lipinski definition) is 1. The molecular weight excluding hydrogens is 280 g/mol. The molecular formula is C19H25F2N. The minimum Gasteiger partial charge on any atom is -0.381 e. The van der Waals surface area contributed by atoms with E-state index in [1.54, 1.807) is 19.1 Å². The van der Waals surface area contributed by atoms with Gasteiger partial charge in [-0.3, -0.25) is 0 Å². The molecule has 1 aromatic carbocycles. The van der Waals surface area contributed by atoms with E-state index in [0.717, 1.165) is 22.4 Å². The van der Waals surface area contributed by atoms with Gasteiger partial charge in [0.1, 0.15) is 0 Å². The molecule has 0 saturated carbocycles. The van der Waals surface area contributed by atoms with Gasteiger partial charge in [0.2, 0.25) is 0 Å². The van der Waals surface area contributed by atoms with Crippen LogP contribution in [0, 0.1) is 11.6 Å². The molecule has 0 heterocycles. The fraction of sp³-hybridized carbons (Fsp3) is 0.368. The second-order valence-corrected chi connectivity index (χ2v) is 5.54. The predicted octanol–water partition coefficient (Wildman–Crippen LogP) is 5.43. The molecule has 0 radical (unpaired) electrons. The van der Waals surface area contributed by atoms with Crippen LogP contribution in [0.1, 0.15) is 45.7 Å². The highest BCUT2D eigenvalue weighted by atomic mass is 19.2. The van der Waals surface area contributed by atoms with Crippen molar-refractivity contribution in [1.82, 2.24) is 5.32 Å². The first kappa shape index (κ1) is 18.1. The van der Waals surface area contributed by atoms with Crippen LogP contribution in [-0.2, 0) is 13.0 Å². The van der Waals surface area contributed by atoms with Gasteiger partial charge in [0, 0.05) is 17.8 Å². The second-order valence-electron chi connectivity index (χ2n) is 5.54. The molecule has 0 spiro atoms. The van der Waals surface area contributed by atoms with Crippen LogP contribution in [0.25, 0.3) is 0 Å². The Morgan fingerprint density at radius 3 is 2.18 bits per heavy atom. The van der Waals surface area contributed by atoms with E-state index in [1.807, 2.05) is 33.8 Å². The van der Waals surface area contributed by atoms with E-state index in [9.17, 15) is 8.78 Å². The van der Waals surface area contributed by atoms with Crippen LogP contribution in [-0.4, -0.2) is 0 Å². The summed E-state index contributed by atoms with van der Waals surface area (Å²) in [6, 6.07) is 3.26. The number of aryl methyl sites for hydroxylation is 1. The third-order valence-electron chi connectivity index (χ3n) is 3.74. The molecule has 0 aliphatic carbocycles. The number of hydrogen-bond acceptors (Lipinski definition) is 1. The first-order chi connectivity index (χ1) is 10.3. The number of benzene rings is 1. The van der Waals surface area contributed by atoms with Crippen LogP contribution in [0.15, 0.2) is 47.2 Å². The Bertz CT molecular complexity index is 621. The Morgan fingerprint density at radius 1 is 1.14 bits per heavy atom. The van der Waals surface area contributed by atoms with Gasteiger partial charge >= 0.3 is 0 Å². The van der Waals surface area contributed by atoms with Crippen LogP contribution in [0.5, 0.6) is 0 Å². The molecule has 1 nitrogen and oxygen atoms in total. The Balaban J connectivity index is 2.93. The van der Waals surface area contributed by atoms with E-state index in [1.165, 1.54) is 0 Å². The van der Waals surface area contributed by atoms with Gasteiger partial charge < -0.3 is 5.32 Å². The zero-order valence-electron chi connectivity index (χ0n) is 14.1. The van der Waals surface area contributed by atoms with Crippen molar-refractivity contribution in [2.45, 2.75) is 47.6 Å². The lowest BCUT2D eigenvalue weighted by atomic mass is 9.99. The molecule has 1 aromatic rings. The summed E-state index contributed by atoms with van der Waals surface area (Å²) in [5.74, 6) is -1.53. The van der Waals surface area contributed by atoms with Gasteiger partial charge in [-0.25, -0.2) is 8.78 Å². The third kappa shape index (κ3) is 4.06. The molecule has 22 heavy (non-hydrogen) atoms. The van der Waals surface area contributed by atoms with E-state index in [2.05, 4.69) is 11.9 Å². The Labute approximate surface area is 132 Å². The highest BCUT2D eigenvalue weighted by molar-refractivity contribution is 5.46. The fourth-order valence-corrected chi connectivity index (χ4v) is 2.41. The Morgan fingerprint density at radius 2 is 1.68 bits per heavy atom. The molecule has 1 N–H and O–H groups in total. The molecule has 0 saturated heterocycles. The fourth-order valence-electron chi connectivity index (χ4n) is 2.41. The zero-order valence-corrected chi connectivity index (χ0v) is 14.1. The van der Waals surface area contributed by atoms with Gasteiger partial charge in [0.05, 0.1) is 0 Å². The van der Waals surface area contributed by atoms with Gasteiger partial charge in [-0.05, 0) is 50.8 Å². The average Bonchev–Trinajstić information content (AvgIpc) is 2.48. The van der Waals surface area contributed by atoms with Crippen LogP contribution in [0.2, 0.25) is 0 Å². The summed E-state index contributed by atoms with van der Waals surface area (Å²) in [4.78, 5) is 0. The maximum atomic E-state index is 14.0. The molecule has 0 bridgehead atoms. The second kappa shape index (κ2) is 7.92. The van der Waals surface area contributed by atoms with Crippen molar-refractivity contribution < 1.29 is 8.78 Å². The summed E-state index contributed by atoms with van der Waals surface area (Å²) in [7, 11) is 0. The highest BCUT2D eigenvalue weighted by Gasteiger charge is 2.13. The number of rotatable bonds is 6. The van der Waals surface area contributed by atoms with Crippen molar-refractivity contribution in [2.75, 3.05) is 0 Å². The maximum Gasteiger partial charge on any atom is 0.164 e. The first-order valence-electron chi connectivity index (χ1n) is 7.53. The van der Waals surface area contributed by atoms with E-state index >= 15 is 0 Å². The summed E-state index contributed by atoms with van der Waals surface area (Å²) < 4.78 is 27.8. The molecule has 0 amide bonds. The van der Waals surface area contributed by atoms with Crippen molar-refractivity contribution in [3.8, 4) is 0 Å². The SMILES string of the molecule is C=C(NCc1ccc(CC)c(F)c1F)C(=C(C)C)/C(C)=C/C. The van der Waals surface area contributed by atoms with Crippen molar-refractivity contribution in [3.63, 3.8) is 0 Å². The summed E-state index contributed by atoms with van der Waals surface area (Å²) in [6.45, 7) is 14.0. The van der Waals surface area contributed by atoms with Crippen molar-refractivity contribution in [3.05, 3.63) is 70.0 Å². The highest BCUT2D eigenvalue weighted by Crippen LogP contribution is 2.22. The summed E-state index contributed by atoms with van der Waals surface area (Å²) >= 11 is 0. The number of allylic oxidation sites excluding steroid dienone is 3. The Kier molecular flexibility index (Phi) is 6.54. The van der Waals surface area contributed by atoms with Crippen LogP contribution >= 0.6 is 0 Å². The first-order valence-corrected chi connectivity index (χ1v) is 7.53. The molecule has 3 heteroatoms. The minimum absolute atomic E-state index is 0.208. The van der Waals surface area contributed by atoms with E-state index < -0.39 is 11.6 Å². The van der Waals surface area contributed by atoms with E-state index in [0.29, 0.717) is 17.5 Å². The van der Waals surface area contributed by atoms with Crippen molar-refractivity contribution >= 4 is 0 Å². The van der Waals surface area contributed by atoms with Crippen LogP contribution in [0.4, 0.5) is 8.78 Å². The average molecular weight is 305 g/mol. The molecule has 0 fully saturated rings. The van der Waals surface area contributed by atoms with E-state index in [4.69, 9.17) is 0 Å². The molecule has 0 unspecified atom stereocenters. The van der Waals surface area contributed by atoms with Gasteiger partial charge in [-0.1, -0.05) is 37.3 Å². The smallest absolute Gasteiger partial charge is 0.164 e. The molecule has 0 aliphatic heterocycles. The summed E-state index contributed by atoms with van der Waals surface area (Å²) in [5.41, 5.74) is 4.67. The molecule has 0 atom stereocenters. The Hall–Kier alpha value is -1.90. The quantitative estimate of drug-likeness (QED) is 0.691. The third-order valence-corrected chi connectivity index (χ3v) is 3.74. The van der Waals surface area contributed by atoms with E-state index in [-0.39, 0.29) is 6.54 Å². The standard InChI is InChI=1S/C19H25F2N/c1-7-13(5)17(12(3)4)14(6)22-11-16-10-9-15(8-2)18(20)19(16)21/h7,9-10,22H,6,8,11H2,1-5H3/b13-7+. The predicted molar refractivity (Wildman–Crippen MR) is 89.5 cm³/mol. The van der Waals surface area contributed by atoms with Crippen molar-refractivity contribution in [2.24, 2.45) is 0 Å². The zero-order chi connectivity index (χ0) is 16.9. The topological polar surface area (TPSA) is 12.0 Å². The number of halogens is 2. The van der Waals surface area contributed by atoms with Crippen LogP contribution in [0.3, 0.4) is 0 Å². The lowest BCUT2D eigenvalue weighted by molar-refractivity contribution is 0.488.